The Morgan fingerprint density at radius 1 is 1.17 bits per heavy atom. The van der Waals surface area contributed by atoms with Crippen molar-refractivity contribution in [2.75, 3.05) is 0 Å². The third-order valence-electron chi connectivity index (χ3n) is 3.48. The standard InChI is InChI=1S/C17H17ClF2O2S/c1-2-3-16(21)17(14-10-12(19)6-9-15(14)20)23(22)13-7-4-11(18)5-8-13/h4-10,16-17,21H,2-3H2,1H3. The van der Waals surface area contributed by atoms with E-state index < -0.39 is 33.8 Å². The van der Waals surface area contributed by atoms with Gasteiger partial charge in [-0.1, -0.05) is 24.9 Å². The topological polar surface area (TPSA) is 37.3 Å². The molecule has 124 valence electrons. The van der Waals surface area contributed by atoms with Crippen LogP contribution in [0.3, 0.4) is 0 Å². The van der Waals surface area contributed by atoms with E-state index in [1.165, 1.54) is 0 Å². The van der Waals surface area contributed by atoms with Crippen molar-refractivity contribution < 1.29 is 18.1 Å². The fourth-order valence-electron chi connectivity index (χ4n) is 2.36. The molecule has 0 fully saturated rings. The van der Waals surface area contributed by atoms with Gasteiger partial charge in [-0.25, -0.2) is 8.78 Å². The molecule has 0 aromatic heterocycles. The second-order valence-corrected chi connectivity index (χ2v) is 7.20. The molecule has 23 heavy (non-hydrogen) atoms. The van der Waals surface area contributed by atoms with Crippen molar-refractivity contribution >= 4 is 22.4 Å². The van der Waals surface area contributed by atoms with Crippen LogP contribution in [0.5, 0.6) is 0 Å². The van der Waals surface area contributed by atoms with Crippen LogP contribution in [0.15, 0.2) is 47.4 Å². The Hall–Kier alpha value is -1.30. The van der Waals surface area contributed by atoms with Gasteiger partial charge in [-0.05, 0) is 48.9 Å². The van der Waals surface area contributed by atoms with Gasteiger partial charge in [-0.15, -0.1) is 0 Å². The summed E-state index contributed by atoms with van der Waals surface area (Å²) in [7, 11) is -1.75. The number of aliphatic hydroxyl groups is 1. The molecule has 0 aliphatic heterocycles. The van der Waals surface area contributed by atoms with Crippen molar-refractivity contribution in [1.82, 2.24) is 0 Å². The van der Waals surface area contributed by atoms with Gasteiger partial charge in [0.15, 0.2) is 0 Å². The van der Waals surface area contributed by atoms with E-state index in [0.717, 1.165) is 18.2 Å². The SMILES string of the molecule is CCCC(O)C(c1cc(F)ccc1F)S(=O)c1ccc(Cl)cc1. The molecule has 0 aliphatic carbocycles. The molecule has 2 aromatic carbocycles. The lowest BCUT2D eigenvalue weighted by Crippen LogP contribution is -2.24. The highest BCUT2D eigenvalue weighted by atomic mass is 35.5. The van der Waals surface area contributed by atoms with Crippen LogP contribution in [0.1, 0.15) is 30.6 Å². The zero-order valence-corrected chi connectivity index (χ0v) is 14.1. The summed E-state index contributed by atoms with van der Waals surface area (Å²) in [6.45, 7) is 1.85. The maximum atomic E-state index is 14.1. The molecule has 2 rings (SSSR count). The summed E-state index contributed by atoms with van der Waals surface area (Å²) in [6, 6.07) is 9.22. The Bertz CT molecular complexity index is 691. The molecule has 2 nitrogen and oxygen atoms in total. The minimum Gasteiger partial charge on any atom is -0.392 e. The molecular formula is C17H17ClF2O2S. The highest BCUT2D eigenvalue weighted by molar-refractivity contribution is 7.85. The summed E-state index contributed by atoms with van der Waals surface area (Å²) >= 11 is 5.81. The first-order valence-electron chi connectivity index (χ1n) is 7.23. The van der Waals surface area contributed by atoms with Gasteiger partial charge in [0.1, 0.15) is 11.6 Å². The lowest BCUT2D eigenvalue weighted by molar-refractivity contribution is 0.157. The normalized spacial score (nSPS) is 15.2. The number of rotatable bonds is 6. The van der Waals surface area contributed by atoms with Crippen molar-refractivity contribution in [3.63, 3.8) is 0 Å². The lowest BCUT2D eigenvalue weighted by atomic mass is 10.0. The highest BCUT2D eigenvalue weighted by Crippen LogP contribution is 2.33. The van der Waals surface area contributed by atoms with Crippen LogP contribution in [0, 0.1) is 11.6 Å². The summed E-state index contributed by atoms with van der Waals surface area (Å²) in [4.78, 5) is 0.401. The smallest absolute Gasteiger partial charge is 0.127 e. The minimum absolute atomic E-state index is 0.0840. The molecule has 1 N–H and O–H groups in total. The number of aliphatic hydroxyl groups excluding tert-OH is 1. The second-order valence-electron chi connectivity index (χ2n) is 5.19. The number of hydrogen-bond donors (Lipinski definition) is 1. The maximum Gasteiger partial charge on any atom is 0.127 e. The Kier molecular flexibility index (Phi) is 6.27. The first-order chi connectivity index (χ1) is 10.9. The number of benzene rings is 2. The van der Waals surface area contributed by atoms with Gasteiger partial charge in [0.25, 0.3) is 0 Å². The molecule has 6 heteroatoms. The Balaban J connectivity index is 2.47. The monoisotopic (exact) mass is 358 g/mol. The fourth-order valence-corrected chi connectivity index (χ4v) is 4.02. The average molecular weight is 359 g/mol. The van der Waals surface area contributed by atoms with Gasteiger partial charge < -0.3 is 5.11 Å². The molecule has 0 saturated carbocycles. The van der Waals surface area contributed by atoms with Gasteiger partial charge >= 0.3 is 0 Å². The largest absolute Gasteiger partial charge is 0.392 e. The van der Waals surface area contributed by atoms with Crippen molar-refractivity contribution in [3.8, 4) is 0 Å². The van der Waals surface area contributed by atoms with E-state index in [1.807, 2.05) is 6.92 Å². The van der Waals surface area contributed by atoms with Crippen LogP contribution in [0.2, 0.25) is 5.02 Å². The highest BCUT2D eigenvalue weighted by Gasteiger charge is 2.30. The van der Waals surface area contributed by atoms with E-state index >= 15 is 0 Å². The number of hydrogen-bond acceptors (Lipinski definition) is 2. The zero-order chi connectivity index (χ0) is 17.0. The predicted molar refractivity (Wildman–Crippen MR) is 87.9 cm³/mol. The van der Waals surface area contributed by atoms with Gasteiger partial charge in [0, 0.05) is 15.5 Å². The summed E-state index contributed by atoms with van der Waals surface area (Å²) in [5, 5.41) is 9.79. The van der Waals surface area contributed by atoms with E-state index in [4.69, 9.17) is 11.6 Å². The summed E-state index contributed by atoms with van der Waals surface area (Å²) in [6.07, 6.45) is -0.0837. The van der Waals surface area contributed by atoms with Crippen LogP contribution in [0.25, 0.3) is 0 Å². The van der Waals surface area contributed by atoms with Crippen molar-refractivity contribution in [2.45, 2.75) is 36.0 Å². The van der Waals surface area contributed by atoms with Crippen molar-refractivity contribution in [2.24, 2.45) is 0 Å². The second kappa shape index (κ2) is 7.99. The van der Waals surface area contributed by atoms with E-state index in [0.29, 0.717) is 22.8 Å². The first kappa shape index (κ1) is 18.0. The molecule has 0 spiro atoms. The van der Waals surface area contributed by atoms with E-state index in [-0.39, 0.29) is 5.56 Å². The molecule has 2 aromatic rings. The average Bonchev–Trinajstić information content (AvgIpc) is 2.52. The fraction of sp³-hybridized carbons (Fsp3) is 0.294. The zero-order valence-electron chi connectivity index (χ0n) is 12.5. The predicted octanol–water partition coefficient (Wildman–Crippen LogP) is 4.63. The van der Waals surface area contributed by atoms with Gasteiger partial charge in [-0.2, -0.15) is 0 Å². The molecule has 0 aliphatic rings. The van der Waals surface area contributed by atoms with Crippen LogP contribution in [-0.4, -0.2) is 15.4 Å². The van der Waals surface area contributed by atoms with Crippen LogP contribution < -0.4 is 0 Å². The van der Waals surface area contributed by atoms with Crippen LogP contribution in [-0.2, 0) is 10.8 Å². The maximum absolute atomic E-state index is 14.1. The quantitative estimate of drug-likeness (QED) is 0.817. The Labute approximate surface area is 141 Å². The summed E-state index contributed by atoms with van der Waals surface area (Å²) < 4.78 is 40.5. The van der Waals surface area contributed by atoms with Gasteiger partial charge in [-0.3, -0.25) is 4.21 Å². The molecule has 0 saturated heterocycles. The first-order valence-corrected chi connectivity index (χ1v) is 8.82. The Morgan fingerprint density at radius 2 is 1.83 bits per heavy atom. The van der Waals surface area contributed by atoms with Gasteiger partial charge in [0.2, 0.25) is 0 Å². The van der Waals surface area contributed by atoms with Crippen LogP contribution in [0.4, 0.5) is 8.78 Å². The lowest BCUT2D eigenvalue weighted by Gasteiger charge is -2.23. The summed E-state index contributed by atoms with van der Waals surface area (Å²) in [5.41, 5.74) is -0.0840. The number of halogens is 3. The molecule has 3 atom stereocenters. The van der Waals surface area contributed by atoms with E-state index in [2.05, 4.69) is 0 Å². The molecule has 3 unspecified atom stereocenters. The molecular weight excluding hydrogens is 342 g/mol. The minimum atomic E-state index is -1.75. The molecule has 0 heterocycles. The van der Waals surface area contributed by atoms with Crippen LogP contribution >= 0.6 is 11.6 Å². The third kappa shape index (κ3) is 4.37. The molecule has 0 radical (unpaired) electrons. The van der Waals surface area contributed by atoms with E-state index in [9.17, 15) is 18.1 Å². The van der Waals surface area contributed by atoms with E-state index in [1.54, 1.807) is 24.3 Å². The summed E-state index contributed by atoms with van der Waals surface area (Å²) in [5.74, 6) is -1.32. The Morgan fingerprint density at radius 3 is 2.43 bits per heavy atom. The van der Waals surface area contributed by atoms with Crippen molar-refractivity contribution in [1.29, 1.82) is 0 Å². The molecule has 0 bridgehead atoms. The van der Waals surface area contributed by atoms with Crippen molar-refractivity contribution in [3.05, 3.63) is 64.7 Å². The molecule has 0 amide bonds. The van der Waals surface area contributed by atoms with Gasteiger partial charge in [0.05, 0.1) is 22.2 Å². The third-order valence-corrected chi connectivity index (χ3v) is 5.49.